The van der Waals surface area contributed by atoms with E-state index in [9.17, 15) is 18.9 Å². The van der Waals surface area contributed by atoms with Crippen LogP contribution in [-0.2, 0) is 6.54 Å². The maximum Gasteiger partial charge on any atom is 0.282 e. The lowest BCUT2D eigenvalue weighted by atomic mass is 10.2. The molecule has 82 valence electrons. The van der Waals surface area contributed by atoms with E-state index in [4.69, 9.17) is 5.73 Å². The molecule has 0 spiro atoms. The molecule has 2 N–H and O–H groups in total. The predicted octanol–water partition coefficient (Wildman–Crippen LogP) is 1.99. The van der Waals surface area contributed by atoms with Gasteiger partial charge in [0.25, 0.3) is 12.1 Å². The molecule has 0 atom stereocenters. The zero-order valence-corrected chi connectivity index (χ0v) is 9.44. The summed E-state index contributed by atoms with van der Waals surface area (Å²) in [5.74, 6) is 0. The lowest BCUT2D eigenvalue weighted by molar-refractivity contribution is -0.386. The molecule has 1 aromatic rings. The van der Waals surface area contributed by atoms with Crippen LogP contribution in [0.15, 0.2) is 6.07 Å². The summed E-state index contributed by atoms with van der Waals surface area (Å²) in [5, 5.41) is 10.5. The van der Waals surface area contributed by atoms with Crippen LogP contribution >= 0.6 is 22.6 Å². The molecular formula is C7H6F2IN3O2. The number of pyridine rings is 1. The van der Waals surface area contributed by atoms with Crippen LogP contribution in [0, 0.1) is 13.8 Å². The number of halogens is 3. The first kappa shape index (κ1) is 12.2. The molecule has 0 fully saturated rings. The molecule has 0 bridgehead atoms. The van der Waals surface area contributed by atoms with E-state index in [-0.39, 0.29) is 15.9 Å². The summed E-state index contributed by atoms with van der Waals surface area (Å²) in [4.78, 5) is 13.4. The van der Waals surface area contributed by atoms with Crippen molar-refractivity contribution in [2.45, 2.75) is 13.0 Å². The number of nitro groups is 1. The fraction of sp³-hybridized carbons (Fsp3) is 0.286. The molecule has 0 amide bonds. The van der Waals surface area contributed by atoms with Gasteiger partial charge in [0.15, 0.2) is 0 Å². The third kappa shape index (κ3) is 2.56. The van der Waals surface area contributed by atoms with Crippen LogP contribution < -0.4 is 5.73 Å². The third-order valence-corrected chi connectivity index (χ3v) is 2.49. The maximum atomic E-state index is 12.5. The van der Waals surface area contributed by atoms with Crippen molar-refractivity contribution in [1.82, 2.24) is 4.98 Å². The van der Waals surface area contributed by atoms with Gasteiger partial charge in [-0.3, -0.25) is 10.1 Å². The second kappa shape index (κ2) is 4.75. The molecule has 0 aliphatic carbocycles. The number of aromatic nitrogens is 1. The van der Waals surface area contributed by atoms with E-state index in [1.807, 2.05) is 0 Å². The van der Waals surface area contributed by atoms with Crippen LogP contribution in [0.2, 0.25) is 0 Å². The summed E-state index contributed by atoms with van der Waals surface area (Å²) >= 11 is 1.53. The van der Waals surface area contributed by atoms with Gasteiger partial charge >= 0.3 is 0 Å². The van der Waals surface area contributed by atoms with Gasteiger partial charge in [-0.05, 0) is 22.6 Å². The van der Waals surface area contributed by atoms with Gasteiger partial charge in [0, 0.05) is 12.6 Å². The molecule has 0 unspecified atom stereocenters. The molecule has 0 aliphatic heterocycles. The van der Waals surface area contributed by atoms with E-state index in [2.05, 4.69) is 4.98 Å². The van der Waals surface area contributed by atoms with Crippen molar-refractivity contribution >= 4 is 28.3 Å². The monoisotopic (exact) mass is 329 g/mol. The van der Waals surface area contributed by atoms with E-state index >= 15 is 0 Å². The zero-order valence-electron chi connectivity index (χ0n) is 7.28. The number of rotatable bonds is 3. The van der Waals surface area contributed by atoms with Crippen LogP contribution in [0.4, 0.5) is 14.5 Å². The Morgan fingerprint density at radius 3 is 2.67 bits per heavy atom. The van der Waals surface area contributed by atoms with Crippen molar-refractivity contribution in [3.8, 4) is 0 Å². The highest BCUT2D eigenvalue weighted by atomic mass is 127. The maximum absolute atomic E-state index is 12.5. The second-order valence-electron chi connectivity index (χ2n) is 2.60. The molecule has 0 saturated carbocycles. The van der Waals surface area contributed by atoms with Crippen LogP contribution in [-0.4, -0.2) is 9.91 Å². The van der Waals surface area contributed by atoms with E-state index in [1.54, 1.807) is 0 Å². The molecule has 0 radical (unpaired) electrons. The Hall–Kier alpha value is -0.900. The van der Waals surface area contributed by atoms with Gasteiger partial charge in [-0.1, -0.05) is 0 Å². The molecule has 0 aliphatic rings. The topological polar surface area (TPSA) is 82.0 Å². The van der Waals surface area contributed by atoms with E-state index in [0.717, 1.165) is 6.07 Å². The minimum absolute atomic E-state index is 0.0274. The summed E-state index contributed by atoms with van der Waals surface area (Å²) in [6, 6.07) is 0.976. The fourth-order valence-corrected chi connectivity index (χ4v) is 1.84. The summed E-state index contributed by atoms with van der Waals surface area (Å²) < 4.78 is 24.9. The van der Waals surface area contributed by atoms with Crippen LogP contribution in [0.1, 0.15) is 17.7 Å². The van der Waals surface area contributed by atoms with Crippen molar-refractivity contribution in [2.75, 3.05) is 0 Å². The van der Waals surface area contributed by atoms with Crippen molar-refractivity contribution < 1.29 is 13.7 Å². The summed E-state index contributed by atoms with van der Waals surface area (Å²) in [5.41, 5.74) is 4.17. The van der Waals surface area contributed by atoms with Gasteiger partial charge in [0.1, 0.15) is 9.26 Å². The normalized spacial score (nSPS) is 10.7. The lowest BCUT2D eigenvalue weighted by Crippen LogP contribution is -2.07. The molecule has 1 heterocycles. The summed E-state index contributed by atoms with van der Waals surface area (Å²) in [6.07, 6.45) is -2.92. The van der Waals surface area contributed by atoms with Crippen LogP contribution in [0.5, 0.6) is 0 Å². The number of hydrogen-bond acceptors (Lipinski definition) is 4. The number of nitrogens with two attached hydrogens (primary N) is 1. The van der Waals surface area contributed by atoms with Gasteiger partial charge < -0.3 is 5.73 Å². The molecule has 0 aromatic carbocycles. The highest BCUT2D eigenvalue weighted by molar-refractivity contribution is 14.1. The van der Waals surface area contributed by atoms with Gasteiger partial charge in [-0.15, -0.1) is 0 Å². The zero-order chi connectivity index (χ0) is 11.6. The molecule has 5 nitrogen and oxygen atoms in total. The number of nitrogens with zero attached hydrogens (tertiary/aromatic N) is 2. The Morgan fingerprint density at radius 2 is 2.27 bits per heavy atom. The molecule has 0 saturated heterocycles. The van der Waals surface area contributed by atoms with Crippen molar-refractivity contribution in [3.05, 3.63) is 31.1 Å². The number of hydrogen-bond donors (Lipinski definition) is 1. The van der Waals surface area contributed by atoms with E-state index < -0.39 is 22.6 Å². The highest BCUT2D eigenvalue weighted by Gasteiger charge is 2.26. The first-order chi connectivity index (χ1) is 6.97. The Kier molecular flexibility index (Phi) is 3.85. The minimum atomic E-state index is -2.92. The smallest absolute Gasteiger partial charge is 0.282 e. The molecular weight excluding hydrogens is 323 g/mol. The van der Waals surface area contributed by atoms with Crippen LogP contribution in [0.25, 0.3) is 0 Å². The average molecular weight is 329 g/mol. The number of alkyl halides is 2. The minimum Gasteiger partial charge on any atom is -0.325 e. The van der Waals surface area contributed by atoms with Crippen molar-refractivity contribution in [1.29, 1.82) is 0 Å². The Morgan fingerprint density at radius 1 is 1.67 bits per heavy atom. The summed E-state index contributed by atoms with van der Waals surface area (Å²) in [6.45, 7) is -0.0274. The Bertz CT molecular complexity index is 400. The molecule has 8 heteroatoms. The van der Waals surface area contributed by atoms with Crippen molar-refractivity contribution in [2.24, 2.45) is 5.73 Å². The molecule has 1 rings (SSSR count). The lowest BCUT2D eigenvalue weighted by Gasteiger charge is -2.05. The summed E-state index contributed by atoms with van der Waals surface area (Å²) in [7, 11) is 0. The van der Waals surface area contributed by atoms with E-state index in [0.29, 0.717) is 0 Å². The Balaban J connectivity index is 3.42. The largest absolute Gasteiger partial charge is 0.325 e. The molecule has 15 heavy (non-hydrogen) atoms. The highest BCUT2D eigenvalue weighted by Crippen LogP contribution is 2.32. The van der Waals surface area contributed by atoms with Crippen molar-refractivity contribution in [3.63, 3.8) is 0 Å². The third-order valence-electron chi connectivity index (χ3n) is 1.67. The average Bonchev–Trinajstić information content (AvgIpc) is 2.15. The van der Waals surface area contributed by atoms with Gasteiger partial charge in [0.2, 0.25) is 0 Å². The SMILES string of the molecule is NCc1cc([N+](=O)[O-])c(C(F)F)c(I)n1. The Labute approximate surface area is 97.0 Å². The van der Waals surface area contributed by atoms with Gasteiger partial charge in [0.05, 0.1) is 10.6 Å². The second-order valence-corrected chi connectivity index (χ2v) is 3.62. The van der Waals surface area contributed by atoms with Crippen LogP contribution in [0.3, 0.4) is 0 Å². The quantitative estimate of drug-likeness (QED) is 0.398. The standard InChI is InChI=1S/C7H6F2IN3O2/c8-6(9)5-4(13(14)15)1-3(2-11)12-7(5)10/h1,6H,2,11H2. The van der Waals surface area contributed by atoms with Gasteiger partial charge in [-0.2, -0.15) is 0 Å². The molecule has 1 aromatic heterocycles. The first-order valence-electron chi connectivity index (χ1n) is 3.79. The predicted molar refractivity (Wildman–Crippen MR) is 56.5 cm³/mol. The van der Waals surface area contributed by atoms with E-state index in [1.165, 1.54) is 22.6 Å². The van der Waals surface area contributed by atoms with Gasteiger partial charge in [-0.25, -0.2) is 13.8 Å². The first-order valence-corrected chi connectivity index (χ1v) is 4.87. The fourth-order valence-electron chi connectivity index (χ4n) is 1.02.